The first-order valence-corrected chi connectivity index (χ1v) is 13.2. The van der Waals surface area contributed by atoms with E-state index in [1.807, 2.05) is 0 Å². The van der Waals surface area contributed by atoms with E-state index in [1.54, 1.807) is 18.2 Å². The normalized spacial score (nSPS) is 10.5. The Morgan fingerprint density at radius 2 is 1.05 bits per heavy atom. The Morgan fingerprint density at radius 3 is 1.55 bits per heavy atom. The molecule has 0 N–H and O–H groups in total. The van der Waals surface area contributed by atoms with E-state index in [0.29, 0.717) is 11.1 Å². The molecule has 0 unspecified atom stereocenters. The Balaban J connectivity index is 2.06. The zero-order valence-electron chi connectivity index (χ0n) is 24.8. The summed E-state index contributed by atoms with van der Waals surface area (Å²) in [4.78, 5) is 48.7. The Morgan fingerprint density at radius 1 is 0.591 bits per heavy atom. The summed E-state index contributed by atoms with van der Waals surface area (Å²) in [6.45, 7) is 17.8. The lowest BCUT2D eigenvalue weighted by molar-refractivity contribution is -0.139. The van der Waals surface area contributed by atoms with Gasteiger partial charge in [0.15, 0.2) is 23.1 Å². The summed E-state index contributed by atoms with van der Waals surface area (Å²) in [6, 6.07) is 11.7. The van der Waals surface area contributed by atoms with E-state index in [9.17, 15) is 19.2 Å². The first kappa shape index (κ1) is 33.1. The summed E-state index contributed by atoms with van der Waals surface area (Å²) < 4.78 is 51.4. The SMILES string of the molecule is C=C(C)C(=O)Oc1ccc(-c2ccc(-c3cc(OC(=O)C(=C)C)c(OC(=O)C(C)C)c(F)c3F)cc2)cc1OC(=O)C(=C)C. The van der Waals surface area contributed by atoms with Gasteiger partial charge in [0.2, 0.25) is 11.6 Å². The molecule has 0 aliphatic carbocycles. The fourth-order valence-corrected chi connectivity index (χ4v) is 3.44. The van der Waals surface area contributed by atoms with Gasteiger partial charge in [-0.05, 0) is 55.7 Å². The minimum Gasteiger partial charge on any atom is -0.419 e. The average Bonchev–Trinajstić information content (AvgIpc) is 2.97. The summed E-state index contributed by atoms with van der Waals surface area (Å²) in [7, 11) is 0. The van der Waals surface area contributed by atoms with Crippen LogP contribution in [0.1, 0.15) is 34.6 Å². The predicted molar refractivity (Wildman–Crippen MR) is 159 cm³/mol. The van der Waals surface area contributed by atoms with Gasteiger partial charge in [-0.1, -0.05) is 63.9 Å². The molecule has 0 aliphatic rings. The average molecular weight is 605 g/mol. The number of carbonyl (C=O) groups excluding carboxylic acids is 4. The molecule has 0 amide bonds. The number of ether oxygens (including phenoxy) is 4. The summed E-state index contributed by atoms with van der Waals surface area (Å²) >= 11 is 0. The van der Waals surface area contributed by atoms with Crippen LogP contribution < -0.4 is 18.9 Å². The third kappa shape index (κ3) is 7.71. The van der Waals surface area contributed by atoms with Crippen molar-refractivity contribution in [3.8, 4) is 45.3 Å². The van der Waals surface area contributed by atoms with Crippen LogP contribution in [-0.2, 0) is 19.2 Å². The molecular formula is C34H30F2O8. The van der Waals surface area contributed by atoms with Gasteiger partial charge in [0.25, 0.3) is 0 Å². The number of hydrogen-bond acceptors (Lipinski definition) is 8. The molecule has 3 aromatic carbocycles. The lowest BCUT2D eigenvalue weighted by atomic mass is 9.99. The molecule has 0 aromatic heterocycles. The van der Waals surface area contributed by atoms with Crippen molar-refractivity contribution in [3.05, 3.63) is 96.6 Å². The van der Waals surface area contributed by atoms with Gasteiger partial charge in [0.05, 0.1) is 5.92 Å². The molecular weight excluding hydrogens is 574 g/mol. The van der Waals surface area contributed by atoms with E-state index in [2.05, 4.69) is 19.7 Å². The van der Waals surface area contributed by atoms with E-state index in [1.165, 1.54) is 58.9 Å². The van der Waals surface area contributed by atoms with Crippen molar-refractivity contribution in [3.63, 3.8) is 0 Å². The number of carbonyl (C=O) groups is 4. The van der Waals surface area contributed by atoms with Crippen molar-refractivity contribution in [2.24, 2.45) is 5.92 Å². The van der Waals surface area contributed by atoms with Crippen LogP contribution in [0.4, 0.5) is 8.78 Å². The number of rotatable bonds is 10. The fraction of sp³-hybridized carbons (Fsp3) is 0.176. The van der Waals surface area contributed by atoms with Gasteiger partial charge in [-0.2, -0.15) is 4.39 Å². The first-order valence-electron chi connectivity index (χ1n) is 13.2. The maximum atomic E-state index is 15.3. The van der Waals surface area contributed by atoms with E-state index >= 15 is 8.78 Å². The van der Waals surface area contributed by atoms with Gasteiger partial charge in [0, 0.05) is 22.3 Å². The van der Waals surface area contributed by atoms with Crippen LogP contribution in [0.15, 0.2) is 85.0 Å². The molecule has 0 saturated heterocycles. The summed E-state index contributed by atoms with van der Waals surface area (Å²) in [5.41, 5.74) is 1.24. The van der Waals surface area contributed by atoms with Crippen LogP contribution in [0, 0.1) is 17.6 Å². The quantitative estimate of drug-likeness (QED) is 0.135. The molecule has 0 spiro atoms. The molecule has 0 heterocycles. The third-order valence-electron chi connectivity index (χ3n) is 5.93. The largest absolute Gasteiger partial charge is 0.419 e. The number of benzene rings is 3. The van der Waals surface area contributed by atoms with Gasteiger partial charge in [-0.25, -0.2) is 18.8 Å². The van der Waals surface area contributed by atoms with Crippen molar-refractivity contribution in [2.75, 3.05) is 0 Å². The fourth-order valence-electron chi connectivity index (χ4n) is 3.44. The third-order valence-corrected chi connectivity index (χ3v) is 5.93. The maximum Gasteiger partial charge on any atom is 0.338 e. The van der Waals surface area contributed by atoms with Crippen molar-refractivity contribution in [2.45, 2.75) is 34.6 Å². The van der Waals surface area contributed by atoms with Gasteiger partial charge in [-0.15, -0.1) is 0 Å². The lowest BCUT2D eigenvalue weighted by Gasteiger charge is -2.16. The predicted octanol–water partition coefficient (Wildman–Crippen LogP) is 7.30. The summed E-state index contributed by atoms with van der Waals surface area (Å²) in [6.07, 6.45) is 0. The summed E-state index contributed by atoms with van der Waals surface area (Å²) in [5.74, 6) is -8.23. The highest BCUT2D eigenvalue weighted by Gasteiger charge is 2.27. The standard InChI is InChI=1S/C34H30F2O8/c1-17(2)31(37)41-25-14-13-23(15-26(25)42-32(38)18(3)4)21-9-11-22(12-10-21)24-16-27(43-33(39)19(5)6)30(29(36)28(24)35)44-34(40)20(7)8/h9-16,20H,1,3,5H2,2,4,6-8H3. The molecule has 228 valence electrons. The van der Waals surface area contributed by atoms with E-state index in [0.717, 1.165) is 6.07 Å². The van der Waals surface area contributed by atoms with Gasteiger partial charge in [0.1, 0.15) is 0 Å². The van der Waals surface area contributed by atoms with E-state index in [4.69, 9.17) is 18.9 Å². The molecule has 44 heavy (non-hydrogen) atoms. The molecule has 0 fully saturated rings. The van der Waals surface area contributed by atoms with Crippen molar-refractivity contribution < 1.29 is 46.9 Å². The van der Waals surface area contributed by atoms with Gasteiger partial charge < -0.3 is 18.9 Å². The Kier molecular flexibility index (Phi) is 10.3. The Labute approximate surface area is 253 Å². The minimum absolute atomic E-state index is 0.0181. The second-order valence-corrected chi connectivity index (χ2v) is 10.2. The molecule has 0 radical (unpaired) electrons. The zero-order chi connectivity index (χ0) is 32.9. The van der Waals surface area contributed by atoms with Crippen LogP contribution in [0.5, 0.6) is 23.0 Å². The molecule has 10 heteroatoms. The molecule has 8 nitrogen and oxygen atoms in total. The monoisotopic (exact) mass is 604 g/mol. The second kappa shape index (κ2) is 13.7. The maximum absolute atomic E-state index is 15.3. The number of halogens is 2. The lowest BCUT2D eigenvalue weighted by Crippen LogP contribution is -2.18. The van der Waals surface area contributed by atoms with Crippen molar-refractivity contribution >= 4 is 23.9 Å². The molecule has 0 aliphatic heterocycles. The molecule has 0 saturated carbocycles. The zero-order valence-corrected chi connectivity index (χ0v) is 24.8. The first-order chi connectivity index (χ1) is 20.6. The van der Waals surface area contributed by atoms with Gasteiger partial charge in [-0.3, -0.25) is 4.79 Å². The van der Waals surface area contributed by atoms with Crippen LogP contribution in [0.2, 0.25) is 0 Å². The van der Waals surface area contributed by atoms with E-state index < -0.39 is 52.9 Å². The molecule has 3 rings (SSSR count). The van der Waals surface area contributed by atoms with E-state index in [-0.39, 0.29) is 39.3 Å². The van der Waals surface area contributed by atoms with Crippen LogP contribution in [0.3, 0.4) is 0 Å². The van der Waals surface area contributed by atoms with Gasteiger partial charge >= 0.3 is 23.9 Å². The number of esters is 4. The van der Waals surface area contributed by atoms with Crippen molar-refractivity contribution in [1.29, 1.82) is 0 Å². The molecule has 0 bridgehead atoms. The van der Waals surface area contributed by atoms with Crippen LogP contribution in [-0.4, -0.2) is 23.9 Å². The second-order valence-electron chi connectivity index (χ2n) is 10.2. The highest BCUT2D eigenvalue weighted by Crippen LogP contribution is 2.40. The Hall–Kier alpha value is -5.38. The highest BCUT2D eigenvalue weighted by molar-refractivity contribution is 5.92. The topological polar surface area (TPSA) is 105 Å². The molecule has 3 aromatic rings. The minimum atomic E-state index is -1.52. The van der Waals surface area contributed by atoms with Crippen LogP contribution in [0.25, 0.3) is 22.3 Å². The van der Waals surface area contributed by atoms with Crippen LogP contribution >= 0.6 is 0 Å². The Bertz CT molecular complexity index is 1700. The highest BCUT2D eigenvalue weighted by atomic mass is 19.2. The van der Waals surface area contributed by atoms with Crippen molar-refractivity contribution in [1.82, 2.24) is 0 Å². The summed E-state index contributed by atoms with van der Waals surface area (Å²) in [5, 5.41) is 0. The number of hydrogen-bond donors (Lipinski definition) is 0. The smallest absolute Gasteiger partial charge is 0.338 e. The molecule has 0 atom stereocenters.